The molecule has 2 unspecified atom stereocenters. The maximum absolute atomic E-state index is 12.7. The summed E-state index contributed by atoms with van der Waals surface area (Å²) in [6.07, 6.45) is 12.3. The van der Waals surface area contributed by atoms with Crippen molar-refractivity contribution in [2.45, 2.75) is 90.3 Å². The zero-order valence-electron chi connectivity index (χ0n) is 15.9. The van der Waals surface area contributed by atoms with Crippen LogP contribution in [-0.4, -0.2) is 23.7 Å². The second-order valence-electron chi connectivity index (χ2n) is 10.4. The lowest BCUT2D eigenvalue weighted by Crippen LogP contribution is -2.59. The molecule has 25 heavy (non-hydrogen) atoms. The second-order valence-corrected chi connectivity index (χ2v) is 10.4. The van der Waals surface area contributed by atoms with Crippen LogP contribution in [0.25, 0.3) is 0 Å². The molecule has 138 valence electrons. The molecular weight excluding hydrogens is 310 g/mol. The van der Waals surface area contributed by atoms with Crippen molar-refractivity contribution in [3.8, 4) is 0 Å². The smallest absolute Gasteiger partial charge is 0.205 e. The van der Waals surface area contributed by atoms with E-state index in [2.05, 4.69) is 13.8 Å². The highest BCUT2D eigenvalue weighted by molar-refractivity contribution is 6.41. The van der Waals surface area contributed by atoms with Gasteiger partial charge in [-0.15, -0.1) is 0 Å². The van der Waals surface area contributed by atoms with Crippen molar-refractivity contribution in [3.05, 3.63) is 0 Å². The van der Waals surface area contributed by atoms with Gasteiger partial charge in [0.05, 0.1) is 11.8 Å². The van der Waals surface area contributed by atoms with Crippen molar-refractivity contribution in [3.63, 3.8) is 0 Å². The first-order valence-corrected chi connectivity index (χ1v) is 10.7. The zero-order valence-corrected chi connectivity index (χ0v) is 15.9. The molecule has 5 saturated carbocycles. The average Bonchev–Trinajstić information content (AvgIpc) is 3.29. The summed E-state index contributed by atoms with van der Waals surface area (Å²) in [5.74, 6) is 2.60. The van der Waals surface area contributed by atoms with Gasteiger partial charge in [0.15, 0.2) is 0 Å². The summed E-state index contributed by atoms with van der Waals surface area (Å²) in [5.41, 5.74) is 1.08. The van der Waals surface area contributed by atoms with Crippen LogP contribution in [0.4, 0.5) is 0 Å². The first-order chi connectivity index (χ1) is 11.9. The predicted octanol–water partition coefficient (Wildman–Crippen LogP) is 4.78. The Morgan fingerprint density at radius 2 is 1.80 bits per heavy atom. The molecule has 0 amide bonds. The summed E-state index contributed by atoms with van der Waals surface area (Å²) in [6.45, 7) is 4.96. The third kappa shape index (κ3) is 2.33. The molecule has 3 heteroatoms. The second kappa shape index (κ2) is 5.41. The van der Waals surface area contributed by atoms with E-state index in [1.165, 1.54) is 38.5 Å². The summed E-state index contributed by atoms with van der Waals surface area (Å²) >= 11 is 0. The molecule has 5 rings (SSSR count). The molecule has 5 fully saturated rings. The van der Waals surface area contributed by atoms with Crippen LogP contribution >= 0.6 is 0 Å². The number of ketones is 1. The van der Waals surface area contributed by atoms with E-state index >= 15 is 0 Å². The molecule has 0 bridgehead atoms. The van der Waals surface area contributed by atoms with E-state index in [1.54, 1.807) is 0 Å². The van der Waals surface area contributed by atoms with Crippen molar-refractivity contribution in [2.24, 2.45) is 34.5 Å². The van der Waals surface area contributed by atoms with Crippen LogP contribution in [0, 0.1) is 39.9 Å². The van der Waals surface area contributed by atoms with Gasteiger partial charge in [-0.05, 0) is 86.4 Å². The van der Waals surface area contributed by atoms with Gasteiger partial charge in [-0.25, -0.2) is 0 Å². The van der Waals surface area contributed by atoms with E-state index in [0.717, 1.165) is 37.5 Å². The number of hydrogen-bond acceptors (Lipinski definition) is 3. The SMILES string of the molecule is C[C@@]12CCC[C@H]1[C@@H]1CCC3C(=N)C(=O)C(OC4CC4)C[C@]3(C)[C@H]1CC2. The Balaban J connectivity index is 1.45. The number of ether oxygens (including phenoxy) is 1. The molecule has 0 aromatic rings. The van der Waals surface area contributed by atoms with Crippen LogP contribution in [0.5, 0.6) is 0 Å². The third-order valence-electron chi connectivity index (χ3n) is 9.06. The largest absolute Gasteiger partial charge is 0.367 e. The highest BCUT2D eigenvalue weighted by atomic mass is 16.5. The fraction of sp³-hybridized carbons (Fsp3) is 0.909. The maximum atomic E-state index is 12.7. The van der Waals surface area contributed by atoms with Gasteiger partial charge in [0.25, 0.3) is 0 Å². The van der Waals surface area contributed by atoms with Gasteiger partial charge in [0.2, 0.25) is 5.78 Å². The summed E-state index contributed by atoms with van der Waals surface area (Å²) in [4.78, 5) is 12.7. The Kier molecular flexibility index (Phi) is 3.56. The molecule has 0 radical (unpaired) electrons. The number of carbonyl (C=O) groups is 1. The van der Waals surface area contributed by atoms with E-state index in [0.29, 0.717) is 23.1 Å². The fourth-order valence-corrected chi connectivity index (χ4v) is 7.60. The number of rotatable bonds is 2. The van der Waals surface area contributed by atoms with Crippen LogP contribution in [0.1, 0.15) is 78.1 Å². The molecule has 1 N–H and O–H groups in total. The molecule has 0 spiro atoms. The van der Waals surface area contributed by atoms with Gasteiger partial charge in [-0.3, -0.25) is 4.79 Å². The van der Waals surface area contributed by atoms with Crippen LogP contribution in [-0.2, 0) is 9.53 Å². The highest BCUT2D eigenvalue weighted by Crippen LogP contribution is 2.65. The van der Waals surface area contributed by atoms with Crippen LogP contribution in [0.3, 0.4) is 0 Å². The van der Waals surface area contributed by atoms with Gasteiger partial charge in [0.1, 0.15) is 6.10 Å². The van der Waals surface area contributed by atoms with Gasteiger partial charge < -0.3 is 10.1 Å². The average molecular weight is 344 g/mol. The van der Waals surface area contributed by atoms with Gasteiger partial charge in [-0.2, -0.15) is 0 Å². The lowest BCUT2D eigenvalue weighted by atomic mass is 9.45. The van der Waals surface area contributed by atoms with E-state index in [1.807, 2.05) is 0 Å². The Labute approximate surface area is 151 Å². The number of fused-ring (bicyclic) bond motifs is 5. The molecule has 5 aliphatic rings. The van der Waals surface area contributed by atoms with Crippen molar-refractivity contribution in [1.82, 2.24) is 0 Å². The summed E-state index contributed by atoms with van der Waals surface area (Å²) < 4.78 is 6.09. The first-order valence-electron chi connectivity index (χ1n) is 10.7. The maximum Gasteiger partial charge on any atom is 0.205 e. The summed E-state index contributed by atoms with van der Waals surface area (Å²) in [6, 6.07) is 0. The topological polar surface area (TPSA) is 50.2 Å². The minimum atomic E-state index is -0.322. The van der Waals surface area contributed by atoms with Crippen LogP contribution in [0.15, 0.2) is 0 Å². The molecule has 0 saturated heterocycles. The Hall–Kier alpha value is -0.700. The third-order valence-corrected chi connectivity index (χ3v) is 9.06. The molecule has 7 atom stereocenters. The number of carbonyl (C=O) groups excluding carboxylic acids is 1. The van der Waals surface area contributed by atoms with E-state index in [9.17, 15) is 4.79 Å². The Bertz CT molecular complexity index is 611. The molecule has 5 aliphatic carbocycles. The first kappa shape index (κ1) is 16.5. The molecule has 0 aliphatic heterocycles. The quantitative estimate of drug-likeness (QED) is 0.785. The lowest BCUT2D eigenvalue weighted by Gasteiger charge is -2.60. The molecule has 0 aromatic heterocycles. The molecular formula is C22H33NO2. The number of hydrogen-bond donors (Lipinski definition) is 1. The highest BCUT2D eigenvalue weighted by Gasteiger charge is 2.61. The molecule has 0 heterocycles. The predicted molar refractivity (Wildman–Crippen MR) is 97.7 cm³/mol. The molecule has 3 nitrogen and oxygen atoms in total. The van der Waals surface area contributed by atoms with Gasteiger partial charge >= 0.3 is 0 Å². The van der Waals surface area contributed by atoms with Crippen molar-refractivity contribution < 1.29 is 9.53 Å². The summed E-state index contributed by atoms with van der Waals surface area (Å²) in [5, 5.41) is 8.60. The van der Waals surface area contributed by atoms with E-state index < -0.39 is 0 Å². The van der Waals surface area contributed by atoms with Crippen LogP contribution < -0.4 is 0 Å². The summed E-state index contributed by atoms with van der Waals surface area (Å²) in [7, 11) is 0. The van der Waals surface area contributed by atoms with Crippen molar-refractivity contribution >= 4 is 11.5 Å². The number of nitrogens with one attached hydrogen (secondary N) is 1. The Morgan fingerprint density at radius 3 is 2.56 bits per heavy atom. The normalized spacial score (nSPS) is 52.5. The fourth-order valence-electron chi connectivity index (χ4n) is 7.60. The van der Waals surface area contributed by atoms with Gasteiger partial charge in [-0.1, -0.05) is 20.3 Å². The lowest BCUT2D eigenvalue weighted by molar-refractivity contribution is -0.142. The van der Waals surface area contributed by atoms with Crippen LogP contribution in [0.2, 0.25) is 0 Å². The van der Waals surface area contributed by atoms with E-state index in [4.69, 9.17) is 10.1 Å². The Morgan fingerprint density at radius 1 is 1.00 bits per heavy atom. The minimum Gasteiger partial charge on any atom is -0.367 e. The van der Waals surface area contributed by atoms with Gasteiger partial charge in [0, 0.05) is 5.92 Å². The van der Waals surface area contributed by atoms with E-state index in [-0.39, 0.29) is 23.2 Å². The number of Topliss-reactive ketones (excluding diaryl/α,β-unsaturated/α-hetero) is 1. The zero-order chi connectivity index (χ0) is 17.4. The van der Waals surface area contributed by atoms with Crippen molar-refractivity contribution in [2.75, 3.05) is 0 Å². The van der Waals surface area contributed by atoms with Crippen molar-refractivity contribution in [1.29, 1.82) is 5.41 Å². The molecule has 0 aromatic carbocycles. The standard InChI is InChI=1S/C22H33NO2/c1-21-10-3-4-15(21)14-7-8-17-19(23)20(24)18(25-13-5-6-13)12-22(17,2)16(14)9-11-21/h13-18,23H,3-12H2,1-2H3/t14-,15-,16-,17?,18?,21-,22+/m0/s1. The monoisotopic (exact) mass is 343 g/mol. The minimum absolute atomic E-state index is 0.00865.